The lowest BCUT2D eigenvalue weighted by Crippen LogP contribution is -2.26. The molecule has 0 radical (unpaired) electrons. The smallest absolute Gasteiger partial charge is 0.0325 e. The molecule has 0 saturated heterocycles. The molecule has 0 amide bonds. The molecule has 0 aliphatic heterocycles. The van der Waals surface area contributed by atoms with Crippen LogP contribution in [0.3, 0.4) is 0 Å². The second-order valence-electron chi connectivity index (χ2n) is 5.20. The SMILES string of the molecule is CCNC(CC1CCC1)c1ccccc1CC. The quantitative estimate of drug-likeness (QED) is 0.777. The van der Waals surface area contributed by atoms with Gasteiger partial charge in [0, 0.05) is 6.04 Å². The first-order valence-corrected chi connectivity index (χ1v) is 7.16. The molecule has 1 aliphatic carbocycles. The normalized spacial score (nSPS) is 17.8. The highest BCUT2D eigenvalue weighted by Gasteiger charge is 2.23. The number of hydrogen-bond donors (Lipinski definition) is 1. The van der Waals surface area contributed by atoms with Crippen LogP contribution in [0, 0.1) is 5.92 Å². The molecule has 1 aliphatic rings. The topological polar surface area (TPSA) is 12.0 Å². The second kappa shape index (κ2) is 6.20. The third-order valence-electron chi connectivity index (χ3n) is 4.06. The first-order valence-electron chi connectivity index (χ1n) is 7.16. The lowest BCUT2D eigenvalue weighted by molar-refractivity contribution is 0.262. The molecule has 0 heterocycles. The number of benzene rings is 1. The molecule has 17 heavy (non-hydrogen) atoms. The van der Waals surface area contributed by atoms with E-state index in [1.54, 1.807) is 0 Å². The Hall–Kier alpha value is -0.820. The van der Waals surface area contributed by atoms with Crippen molar-refractivity contribution in [1.29, 1.82) is 0 Å². The van der Waals surface area contributed by atoms with Crippen molar-refractivity contribution in [2.45, 2.75) is 52.0 Å². The Kier molecular flexibility index (Phi) is 4.61. The first kappa shape index (κ1) is 12.6. The lowest BCUT2D eigenvalue weighted by Gasteiger charge is -2.31. The van der Waals surface area contributed by atoms with E-state index in [1.807, 2.05) is 0 Å². The van der Waals surface area contributed by atoms with Crippen molar-refractivity contribution in [2.24, 2.45) is 5.92 Å². The largest absolute Gasteiger partial charge is 0.310 e. The van der Waals surface area contributed by atoms with Crippen molar-refractivity contribution in [3.05, 3.63) is 35.4 Å². The van der Waals surface area contributed by atoms with Gasteiger partial charge in [0.2, 0.25) is 0 Å². The molecule has 1 unspecified atom stereocenters. The van der Waals surface area contributed by atoms with Gasteiger partial charge in [-0.05, 0) is 36.4 Å². The summed E-state index contributed by atoms with van der Waals surface area (Å²) in [5, 5.41) is 3.67. The van der Waals surface area contributed by atoms with E-state index in [2.05, 4.69) is 43.4 Å². The summed E-state index contributed by atoms with van der Waals surface area (Å²) in [5.74, 6) is 0.962. The van der Waals surface area contributed by atoms with Crippen LogP contribution in [0.25, 0.3) is 0 Å². The highest BCUT2D eigenvalue weighted by Crippen LogP contribution is 2.35. The fraction of sp³-hybridized carbons (Fsp3) is 0.625. The molecule has 0 spiro atoms. The maximum Gasteiger partial charge on any atom is 0.0325 e. The molecule has 1 aromatic rings. The summed E-state index contributed by atoms with van der Waals surface area (Å²) in [6, 6.07) is 9.50. The molecule has 1 nitrogen and oxygen atoms in total. The molecule has 1 heteroatoms. The summed E-state index contributed by atoms with van der Waals surface area (Å²) in [6.45, 7) is 5.53. The van der Waals surface area contributed by atoms with Gasteiger partial charge in [-0.3, -0.25) is 0 Å². The molecule has 1 fully saturated rings. The van der Waals surface area contributed by atoms with Crippen LogP contribution in [0.5, 0.6) is 0 Å². The number of rotatable bonds is 6. The van der Waals surface area contributed by atoms with E-state index in [4.69, 9.17) is 0 Å². The first-order chi connectivity index (χ1) is 8.35. The van der Waals surface area contributed by atoms with Gasteiger partial charge in [0.15, 0.2) is 0 Å². The van der Waals surface area contributed by atoms with Gasteiger partial charge in [0.25, 0.3) is 0 Å². The van der Waals surface area contributed by atoms with Crippen molar-refractivity contribution in [2.75, 3.05) is 6.54 Å². The predicted molar refractivity (Wildman–Crippen MR) is 74.2 cm³/mol. The van der Waals surface area contributed by atoms with Gasteiger partial charge in [0.05, 0.1) is 0 Å². The van der Waals surface area contributed by atoms with E-state index < -0.39 is 0 Å². The number of aryl methyl sites for hydroxylation is 1. The Balaban J connectivity index is 2.12. The van der Waals surface area contributed by atoms with Crippen LogP contribution in [0.2, 0.25) is 0 Å². The van der Waals surface area contributed by atoms with Crippen molar-refractivity contribution in [1.82, 2.24) is 5.32 Å². The number of hydrogen-bond acceptors (Lipinski definition) is 1. The van der Waals surface area contributed by atoms with Crippen molar-refractivity contribution in [3.8, 4) is 0 Å². The predicted octanol–water partition coefficient (Wildman–Crippen LogP) is 4.09. The van der Waals surface area contributed by atoms with Crippen LogP contribution in [-0.2, 0) is 6.42 Å². The van der Waals surface area contributed by atoms with E-state index in [9.17, 15) is 0 Å². The fourth-order valence-corrected chi connectivity index (χ4v) is 2.82. The average molecular weight is 231 g/mol. The summed E-state index contributed by atoms with van der Waals surface area (Å²) in [6.07, 6.45) is 6.79. The highest BCUT2D eigenvalue weighted by molar-refractivity contribution is 5.30. The van der Waals surface area contributed by atoms with Crippen LogP contribution in [0.1, 0.15) is 56.7 Å². The molecule has 0 bridgehead atoms. The van der Waals surface area contributed by atoms with Crippen LogP contribution < -0.4 is 5.32 Å². The van der Waals surface area contributed by atoms with Gasteiger partial charge in [0.1, 0.15) is 0 Å². The van der Waals surface area contributed by atoms with Gasteiger partial charge in [-0.15, -0.1) is 0 Å². The summed E-state index contributed by atoms with van der Waals surface area (Å²) in [7, 11) is 0. The van der Waals surface area contributed by atoms with Gasteiger partial charge in [-0.2, -0.15) is 0 Å². The molecule has 94 valence electrons. The Bertz CT molecular complexity index is 341. The minimum Gasteiger partial charge on any atom is -0.310 e. The fourth-order valence-electron chi connectivity index (χ4n) is 2.82. The molecule has 1 N–H and O–H groups in total. The maximum atomic E-state index is 3.67. The Morgan fingerprint density at radius 2 is 2.00 bits per heavy atom. The van der Waals surface area contributed by atoms with Crippen LogP contribution >= 0.6 is 0 Å². The minimum atomic E-state index is 0.571. The van der Waals surface area contributed by atoms with Gasteiger partial charge < -0.3 is 5.32 Å². The minimum absolute atomic E-state index is 0.571. The monoisotopic (exact) mass is 231 g/mol. The molecule has 0 aromatic heterocycles. The summed E-state index contributed by atoms with van der Waals surface area (Å²) in [5.41, 5.74) is 3.04. The van der Waals surface area contributed by atoms with Crippen LogP contribution in [-0.4, -0.2) is 6.54 Å². The van der Waals surface area contributed by atoms with Crippen molar-refractivity contribution >= 4 is 0 Å². The van der Waals surface area contributed by atoms with Gasteiger partial charge >= 0.3 is 0 Å². The van der Waals surface area contributed by atoms with Crippen molar-refractivity contribution < 1.29 is 0 Å². The zero-order chi connectivity index (χ0) is 12.1. The molecular weight excluding hydrogens is 206 g/mol. The Morgan fingerprint density at radius 1 is 1.24 bits per heavy atom. The maximum absolute atomic E-state index is 3.67. The lowest BCUT2D eigenvalue weighted by atomic mass is 9.79. The summed E-state index contributed by atoms with van der Waals surface area (Å²) < 4.78 is 0. The Morgan fingerprint density at radius 3 is 2.59 bits per heavy atom. The third-order valence-corrected chi connectivity index (χ3v) is 4.06. The number of nitrogens with one attached hydrogen (secondary N) is 1. The molecule has 1 aromatic carbocycles. The second-order valence-corrected chi connectivity index (χ2v) is 5.20. The van der Waals surface area contributed by atoms with E-state index in [1.165, 1.54) is 36.8 Å². The average Bonchev–Trinajstić information content (AvgIpc) is 2.32. The summed E-state index contributed by atoms with van der Waals surface area (Å²) >= 11 is 0. The standard InChI is InChI=1S/C16H25N/c1-3-14-10-5-6-11-15(14)16(17-4-2)12-13-8-7-9-13/h5-6,10-11,13,16-17H,3-4,7-9,12H2,1-2H3. The zero-order valence-electron chi connectivity index (χ0n) is 11.2. The van der Waals surface area contributed by atoms with E-state index in [0.717, 1.165) is 18.9 Å². The van der Waals surface area contributed by atoms with Gasteiger partial charge in [-0.1, -0.05) is 57.4 Å². The molecule has 2 rings (SSSR count). The van der Waals surface area contributed by atoms with Crippen LogP contribution in [0.15, 0.2) is 24.3 Å². The third kappa shape index (κ3) is 3.10. The van der Waals surface area contributed by atoms with Gasteiger partial charge in [-0.25, -0.2) is 0 Å². The van der Waals surface area contributed by atoms with Crippen LogP contribution in [0.4, 0.5) is 0 Å². The van der Waals surface area contributed by atoms with E-state index in [-0.39, 0.29) is 0 Å². The highest BCUT2D eigenvalue weighted by atomic mass is 14.9. The van der Waals surface area contributed by atoms with Crippen molar-refractivity contribution in [3.63, 3.8) is 0 Å². The molecular formula is C16H25N. The molecule has 1 atom stereocenters. The van der Waals surface area contributed by atoms with E-state index >= 15 is 0 Å². The van der Waals surface area contributed by atoms with E-state index in [0.29, 0.717) is 6.04 Å². The summed E-state index contributed by atoms with van der Waals surface area (Å²) in [4.78, 5) is 0. The zero-order valence-corrected chi connectivity index (χ0v) is 11.2. The molecule has 1 saturated carbocycles. The Labute approximate surface area is 106 Å².